The van der Waals surface area contributed by atoms with Crippen molar-refractivity contribution in [2.45, 2.75) is 39.2 Å². The molecule has 0 bridgehead atoms. The maximum atomic E-state index is 11.6. The Bertz CT molecular complexity index is 321. The molecule has 4 heteroatoms. The molecule has 4 nitrogen and oxygen atoms in total. The van der Waals surface area contributed by atoms with E-state index in [1.807, 2.05) is 10.8 Å². The second-order valence-electron chi connectivity index (χ2n) is 3.85. The first kappa shape index (κ1) is 12.9. The number of imidazole rings is 1. The zero-order valence-corrected chi connectivity index (χ0v) is 10.1. The fourth-order valence-corrected chi connectivity index (χ4v) is 1.63. The van der Waals surface area contributed by atoms with Crippen LogP contribution in [-0.2, 0) is 22.5 Å². The summed E-state index contributed by atoms with van der Waals surface area (Å²) >= 11 is 0. The quantitative estimate of drug-likeness (QED) is 0.633. The molecular formula is C12H20N2O2. The molecular weight excluding hydrogens is 204 g/mol. The Morgan fingerprint density at radius 2 is 2.38 bits per heavy atom. The van der Waals surface area contributed by atoms with Gasteiger partial charge in [-0.15, -0.1) is 0 Å². The van der Waals surface area contributed by atoms with Gasteiger partial charge in [-0.05, 0) is 12.8 Å². The Kier molecular flexibility index (Phi) is 5.78. The average Bonchev–Trinajstić information content (AvgIpc) is 2.67. The topological polar surface area (TPSA) is 44.1 Å². The summed E-state index contributed by atoms with van der Waals surface area (Å²) in [6.45, 7) is 3.69. The standard InChI is InChI=1S/C12H20N2O2/c1-3-7-14-8-6-13-12(14)10-11(15)5-4-9-16-2/h6,8H,3-5,7,9-10H2,1-2H3. The molecule has 0 amide bonds. The predicted molar refractivity (Wildman–Crippen MR) is 62.3 cm³/mol. The smallest absolute Gasteiger partial charge is 0.140 e. The van der Waals surface area contributed by atoms with Crippen LogP contribution in [0.3, 0.4) is 0 Å². The lowest BCUT2D eigenvalue weighted by atomic mass is 10.1. The van der Waals surface area contributed by atoms with Crippen molar-refractivity contribution in [3.8, 4) is 0 Å². The highest BCUT2D eigenvalue weighted by molar-refractivity contribution is 5.80. The van der Waals surface area contributed by atoms with Gasteiger partial charge in [0.15, 0.2) is 0 Å². The number of ketones is 1. The van der Waals surface area contributed by atoms with E-state index in [1.54, 1.807) is 13.3 Å². The van der Waals surface area contributed by atoms with Gasteiger partial charge in [-0.3, -0.25) is 4.79 Å². The van der Waals surface area contributed by atoms with Crippen LogP contribution >= 0.6 is 0 Å². The van der Waals surface area contributed by atoms with Gasteiger partial charge in [0.05, 0.1) is 6.42 Å². The molecule has 0 saturated carbocycles. The third-order valence-electron chi connectivity index (χ3n) is 2.43. The van der Waals surface area contributed by atoms with Gasteiger partial charge >= 0.3 is 0 Å². The minimum atomic E-state index is 0.237. The third kappa shape index (κ3) is 4.14. The van der Waals surface area contributed by atoms with Crippen molar-refractivity contribution in [3.05, 3.63) is 18.2 Å². The fraction of sp³-hybridized carbons (Fsp3) is 0.667. The molecule has 0 unspecified atom stereocenters. The molecule has 0 aromatic carbocycles. The molecule has 90 valence electrons. The summed E-state index contributed by atoms with van der Waals surface area (Å²) in [4.78, 5) is 15.8. The Hall–Kier alpha value is -1.16. The van der Waals surface area contributed by atoms with E-state index in [1.165, 1.54) is 0 Å². The lowest BCUT2D eigenvalue weighted by Gasteiger charge is -2.05. The highest BCUT2D eigenvalue weighted by Crippen LogP contribution is 2.03. The van der Waals surface area contributed by atoms with E-state index < -0.39 is 0 Å². The van der Waals surface area contributed by atoms with Crippen molar-refractivity contribution in [3.63, 3.8) is 0 Å². The van der Waals surface area contributed by atoms with Gasteiger partial charge in [0.25, 0.3) is 0 Å². The van der Waals surface area contributed by atoms with Crippen molar-refractivity contribution >= 4 is 5.78 Å². The van der Waals surface area contributed by atoms with Crippen LogP contribution < -0.4 is 0 Å². The number of ether oxygens (including phenoxy) is 1. The Labute approximate surface area is 96.6 Å². The zero-order chi connectivity index (χ0) is 11.8. The second kappa shape index (κ2) is 7.17. The van der Waals surface area contributed by atoms with E-state index in [0.717, 1.165) is 25.2 Å². The predicted octanol–water partition coefficient (Wildman–Crippen LogP) is 1.83. The number of nitrogens with zero attached hydrogens (tertiary/aromatic N) is 2. The molecule has 0 N–H and O–H groups in total. The molecule has 0 atom stereocenters. The van der Waals surface area contributed by atoms with Crippen LogP contribution in [0.25, 0.3) is 0 Å². The number of aryl methyl sites for hydroxylation is 1. The molecule has 1 heterocycles. The van der Waals surface area contributed by atoms with Crippen LogP contribution in [-0.4, -0.2) is 29.1 Å². The molecule has 0 radical (unpaired) electrons. The van der Waals surface area contributed by atoms with Crippen molar-refractivity contribution in [2.75, 3.05) is 13.7 Å². The number of Topliss-reactive ketones (excluding diaryl/α,β-unsaturated/α-hetero) is 1. The summed E-state index contributed by atoms with van der Waals surface area (Å²) < 4.78 is 6.97. The van der Waals surface area contributed by atoms with E-state index in [2.05, 4.69) is 11.9 Å². The van der Waals surface area contributed by atoms with Crippen molar-refractivity contribution in [1.82, 2.24) is 9.55 Å². The lowest BCUT2D eigenvalue weighted by molar-refractivity contribution is -0.118. The van der Waals surface area contributed by atoms with Crippen LogP contribution in [0.4, 0.5) is 0 Å². The molecule has 0 aliphatic carbocycles. The summed E-state index contributed by atoms with van der Waals surface area (Å²) in [5, 5.41) is 0. The number of rotatable bonds is 8. The van der Waals surface area contributed by atoms with Crippen LogP contribution in [0.5, 0.6) is 0 Å². The molecule has 0 aliphatic heterocycles. The highest BCUT2D eigenvalue weighted by atomic mass is 16.5. The molecule has 1 aromatic rings. The van der Waals surface area contributed by atoms with Gasteiger partial charge in [-0.25, -0.2) is 4.98 Å². The number of methoxy groups -OCH3 is 1. The van der Waals surface area contributed by atoms with E-state index in [9.17, 15) is 4.79 Å². The van der Waals surface area contributed by atoms with E-state index in [0.29, 0.717) is 19.4 Å². The van der Waals surface area contributed by atoms with Crippen molar-refractivity contribution in [2.24, 2.45) is 0 Å². The number of hydrogen-bond acceptors (Lipinski definition) is 3. The average molecular weight is 224 g/mol. The van der Waals surface area contributed by atoms with Crippen LogP contribution in [0.15, 0.2) is 12.4 Å². The number of carbonyl (C=O) groups is 1. The molecule has 0 saturated heterocycles. The Morgan fingerprint density at radius 1 is 1.56 bits per heavy atom. The van der Waals surface area contributed by atoms with E-state index in [-0.39, 0.29) is 5.78 Å². The molecule has 16 heavy (non-hydrogen) atoms. The molecule has 1 aromatic heterocycles. The van der Waals surface area contributed by atoms with Crippen LogP contribution in [0, 0.1) is 0 Å². The summed E-state index contributed by atoms with van der Waals surface area (Å²) in [6.07, 6.45) is 6.56. The van der Waals surface area contributed by atoms with Gasteiger partial charge in [-0.2, -0.15) is 0 Å². The van der Waals surface area contributed by atoms with E-state index in [4.69, 9.17) is 4.74 Å². The van der Waals surface area contributed by atoms with Crippen molar-refractivity contribution < 1.29 is 9.53 Å². The van der Waals surface area contributed by atoms with Gasteiger partial charge in [0, 0.05) is 39.1 Å². The summed E-state index contributed by atoms with van der Waals surface area (Å²) in [5.41, 5.74) is 0. The zero-order valence-electron chi connectivity index (χ0n) is 10.1. The monoisotopic (exact) mass is 224 g/mol. The summed E-state index contributed by atoms with van der Waals surface area (Å²) in [6, 6.07) is 0. The first-order chi connectivity index (χ1) is 7.77. The lowest BCUT2D eigenvalue weighted by Crippen LogP contribution is -2.10. The van der Waals surface area contributed by atoms with Gasteiger partial charge in [0.1, 0.15) is 11.6 Å². The minimum Gasteiger partial charge on any atom is -0.385 e. The molecule has 0 fully saturated rings. The fourth-order valence-electron chi connectivity index (χ4n) is 1.63. The first-order valence-corrected chi connectivity index (χ1v) is 5.78. The van der Waals surface area contributed by atoms with Gasteiger partial charge in [0.2, 0.25) is 0 Å². The van der Waals surface area contributed by atoms with Gasteiger partial charge < -0.3 is 9.30 Å². The van der Waals surface area contributed by atoms with Gasteiger partial charge in [-0.1, -0.05) is 6.92 Å². The molecule has 0 aliphatic rings. The van der Waals surface area contributed by atoms with Crippen LogP contribution in [0.1, 0.15) is 32.0 Å². The van der Waals surface area contributed by atoms with E-state index >= 15 is 0 Å². The highest BCUT2D eigenvalue weighted by Gasteiger charge is 2.08. The largest absolute Gasteiger partial charge is 0.385 e. The maximum Gasteiger partial charge on any atom is 0.140 e. The maximum absolute atomic E-state index is 11.6. The molecule has 0 spiro atoms. The normalized spacial score (nSPS) is 10.6. The molecule has 1 rings (SSSR count). The summed E-state index contributed by atoms with van der Waals surface area (Å²) in [7, 11) is 1.65. The Morgan fingerprint density at radius 3 is 3.06 bits per heavy atom. The number of aromatic nitrogens is 2. The minimum absolute atomic E-state index is 0.237. The summed E-state index contributed by atoms with van der Waals surface area (Å²) in [5.74, 6) is 1.12. The number of hydrogen-bond donors (Lipinski definition) is 0. The first-order valence-electron chi connectivity index (χ1n) is 5.78. The SMILES string of the molecule is CCCn1ccnc1CC(=O)CCCOC. The second-order valence-corrected chi connectivity index (χ2v) is 3.85. The van der Waals surface area contributed by atoms with Crippen molar-refractivity contribution in [1.29, 1.82) is 0 Å². The number of carbonyl (C=O) groups excluding carboxylic acids is 1. The van der Waals surface area contributed by atoms with Crippen LogP contribution in [0.2, 0.25) is 0 Å². The Balaban J connectivity index is 2.39. The third-order valence-corrected chi connectivity index (χ3v) is 2.43.